The van der Waals surface area contributed by atoms with Crippen molar-refractivity contribution in [3.05, 3.63) is 24.3 Å². The maximum absolute atomic E-state index is 11.9. The number of likely N-dealkylation sites (N-methyl/N-ethyl adjacent to an activating group) is 1. The molecule has 3 amide bonds. The highest BCUT2D eigenvalue weighted by atomic mass is 16.6. The second-order valence-corrected chi connectivity index (χ2v) is 6.95. The van der Waals surface area contributed by atoms with E-state index in [1.807, 2.05) is 45.0 Å². The summed E-state index contributed by atoms with van der Waals surface area (Å²) in [6.45, 7) is 6.58. The van der Waals surface area contributed by atoms with Crippen molar-refractivity contribution in [2.24, 2.45) is 0 Å². The topological polar surface area (TPSA) is 79.9 Å². The molecule has 0 spiro atoms. The van der Waals surface area contributed by atoms with Crippen LogP contribution in [0.25, 0.3) is 0 Å². The van der Waals surface area contributed by atoms with E-state index in [2.05, 4.69) is 10.6 Å². The summed E-state index contributed by atoms with van der Waals surface area (Å²) >= 11 is 0. The fourth-order valence-corrected chi connectivity index (χ4v) is 2.35. The van der Waals surface area contributed by atoms with Gasteiger partial charge in [-0.25, -0.2) is 4.79 Å². The molecular weight excluding hydrogens is 310 g/mol. The Balaban J connectivity index is 1.76. The Bertz CT molecular complexity index is 598. The average Bonchev–Trinajstić information content (AvgIpc) is 2.44. The summed E-state index contributed by atoms with van der Waals surface area (Å²) in [5.41, 5.74) is -0.392. The lowest BCUT2D eigenvalue weighted by atomic mass is 10.1. The average molecular weight is 335 g/mol. The molecule has 0 saturated heterocycles. The zero-order chi connectivity index (χ0) is 17.7. The van der Waals surface area contributed by atoms with E-state index in [-0.39, 0.29) is 18.6 Å². The Morgan fingerprint density at radius 1 is 1.25 bits per heavy atom. The fraction of sp³-hybridized carbons (Fsp3) is 0.529. The molecule has 7 heteroatoms. The number of urea groups is 1. The van der Waals surface area contributed by atoms with Gasteiger partial charge in [-0.3, -0.25) is 15.0 Å². The van der Waals surface area contributed by atoms with E-state index in [4.69, 9.17) is 9.47 Å². The van der Waals surface area contributed by atoms with E-state index in [1.54, 1.807) is 11.9 Å². The van der Waals surface area contributed by atoms with Crippen molar-refractivity contribution in [1.29, 1.82) is 0 Å². The summed E-state index contributed by atoms with van der Waals surface area (Å²) in [4.78, 5) is 25.4. The standard InChI is InChI=1S/C17H25N3O4/c1-17(2,3)19-16(22)18-15(21)10-20(4)9-12-11-23-13-7-5-6-8-14(13)24-12/h5-8,12H,9-11H2,1-4H3,(H2,18,19,21,22)/t12-/m1/s1. The lowest BCUT2D eigenvalue weighted by Gasteiger charge is -2.29. The number of amides is 3. The number of carbonyl (C=O) groups excluding carboxylic acids is 2. The smallest absolute Gasteiger partial charge is 0.321 e. The van der Waals surface area contributed by atoms with Crippen LogP contribution in [-0.2, 0) is 4.79 Å². The van der Waals surface area contributed by atoms with Gasteiger partial charge in [-0.15, -0.1) is 0 Å². The number of benzene rings is 1. The fourth-order valence-electron chi connectivity index (χ4n) is 2.35. The number of para-hydroxylation sites is 2. The van der Waals surface area contributed by atoms with Crippen molar-refractivity contribution in [3.8, 4) is 11.5 Å². The minimum Gasteiger partial charge on any atom is -0.486 e. The highest BCUT2D eigenvalue weighted by Gasteiger charge is 2.23. The van der Waals surface area contributed by atoms with Crippen LogP contribution in [0, 0.1) is 0 Å². The third kappa shape index (κ3) is 5.73. The zero-order valence-corrected chi connectivity index (χ0v) is 14.6. The highest BCUT2D eigenvalue weighted by molar-refractivity contribution is 5.95. The lowest BCUT2D eigenvalue weighted by Crippen LogP contribution is -2.50. The first-order chi connectivity index (χ1) is 11.2. The molecule has 1 heterocycles. The highest BCUT2D eigenvalue weighted by Crippen LogP contribution is 2.30. The van der Waals surface area contributed by atoms with Crippen molar-refractivity contribution in [3.63, 3.8) is 0 Å². The Labute approximate surface area is 142 Å². The maximum Gasteiger partial charge on any atom is 0.321 e. The number of nitrogens with zero attached hydrogens (tertiary/aromatic N) is 1. The minimum absolute atomic E-state index is 0.0963. The Kier molecular flexibility index (Phi) is 5.66. The van der Waals surface area contributed by atoms with Crippen LogP contribution in [0.3, 0.4) is 0 Å². The van der Waals surface area contributed by atoms with Crippen molar-refractivity contribution in [2.75, 3.05) is 26.7 Å². The largest absolute Gasteiger partial charge is 0.486 e. The number of ether oxygens (including phenoxy) is 2. The zero-order valence-electron chi connectivity index (χ0n) is 14.6. The molecule has 0 unspecified atom stereocenters. The SMILES string of the molecule is CN(CC(=O)NC(=O)NC(C)(C)C)C[C@@H]1COc2ccccc2O1. The molecule has 1 atom stereocenters. The van der Waals surface area contributed by atoms with Crippen LogP contribution < -0.4 is 20.1 Å². The van der Waals surface area contributed by atoms with Gasteiger partial charge in [-0.1, -0.05) is 12.1 Å². The first-order valence-electron chi connectivity index (χ1n) is 7.92. The molecule has 2 rings (SSSR count). The number of carbonyl (C=O) groups is 2. The summed E-state index contributed by atoms with van der Waals surface area (Å²) in [6, 6.07) is 6.99. The van der Waals surface area contributed by atoms with E-state index in [1.165, 1.54) is 0 Å². The Morgan fingerprint density at radius 3 is 2.58 bits per heavy atom. The first kappa shape index (κ1) is 18.1. The van der Waals surface area contributed by atoms with Crippen LogP contribution in [0.4, 0.5) is 4.79 Å². The summed E-state index contributed by atoms with van der Waals surface area (Å²) < 4.78 is 11.5. The van der Waals surface area contributed by atoms with E-state index < -0.39 is 11.6 Å². The van der Waals surface area contributed by atoms with Gasteiger partial charge in [0.1, 0.15) is 12.7 Å². The molecule has 1 aromatic rings. The van der Waals surface area contributed by atoms with Crippen LogP contribution >= 0.6 is 0 Å². The quantitative estimate of drug-likeness (QED) is 0.869. The third-order valence-corrected chi connectivity index (χ3v) is 3.24. The van der Waals surface area contributed by atoms with E-state index in [0.29, 0.717) is 18.9 Å². The number of hydrogen-bond acceptors (Lipinski definition) is 5. The Morgan fingerprint density at radius 2 is 1.92 bits per heavy atom. The molecule has 0 aromatic heterocycles. The van der Waals surface area contributed by atoms with Gasteiger partial charge in [0.25, 0.3) is 0 Å². The minimum atomic E-state index is -0.493. The van der Waals surface area contributed by atoms with Crippen LogP contribution in [-0.4, -0.2) is 55.2 Å². The van der Waals surface area contributed by atoms with E-state index in [0.717, 1.165) is 5.75 Å². The number of rotatable bonds is 4. The van der Waals surface area contributed by atoms with Gasteiger partial charge >= 0.3 is 6.03 Å². The van der Waals surface area contributed by atoms with Gasteiger partial charge in [0.2, 0.25) is 5.91 Å². The molecule has 24 heavy (non-hydrogen) atoms. The monoisotopic (exact) mass is 335 g/mol. The number of nitrogens with one attached hydrogen (secondary N) is 2. The van der Waals surface area contributed by atoms with Crippen LogP contribution in [0.1, 0.15) is 20.8 Å². The molecular formula is C17H25N3O4. The number of imide groups is 1. The second kappa shape index (κ2) is 7.53. The summed E-state index contributed by atoms with van der Waals surface area (Å²) in [6.07, 6.45) is -0.166. The van der Waals surface area contributed by atoms with Crippen molar-refractivity contribution >= 4 is 11.9 Å². The van der Waals surface area contributed by atoms with Gasteiger partial charge in [0.05, 0.1) is 6.54 Å². The maximum atomic E-state index is 11.9. The van der Waals surface area contributed by atoms with Crippen molar-refractivity contribution in [1.82, 2.24) is 15.5 Å². The van der Waals surface area contributed by atoms with Gasteiger partial charge in [-0.05, 0) is 40.0 Å². The molecule has 1 aliphatic heterocycles. The van der Waals surface area contributed by atoms with Crippen molar-refractivity contribution in [2.45, 2.75) is 32.4 Å². The van der Waals surface area contributed by atoms with Crippen LogP contribution in [0.2, 0.25) is 0 Å². The number of fused-ring (bicyclic) bond motifs is 1. The lowest BCUT2D eigenvalue weighted by molar-refractivity contribution is -0.121. The molecule has 0 bridgehead atoms. The van der Waals surface area contributed by atoms with Crippen LogP contribution in [0.5, 0.6) is 11.5 Å². The molecule has 1 aromatic carbocycles. The first-order valence-corrected chi connectivity index (χ1v) is 7.92. The molecule has 0 fully saturated rings. The summed E-state index contributed by atoms with van der Waals surface area (Å²) in [5, 5.41) is 5.00. The normalized spacial score (nSPS) is 16.6. The predicted octanol–water partition coefficient (Wildman–Crippen LogP) is 1.38. The molecule has 0 saturated carbocycles. The van der Waals surface area contributed by atoms with Gasteiger partial charge < -0.3 is 14.8 Å². The van der Waals surface area contributed by atoms with Gasteiger partial charge in [-0.2, -0.15) is 0 Å². The van der Waals surface area contributed by atoms with E-state index in [9.17, 15) is 9.59 Å². The third-order valence-electron chi connectivity index (χ3n) is 3.24. The van der Waals surface area contributed by atoms with Crippen molar-refractivity contribution < 1.29 is 19.1 Å². The van der Waals surface area contributed by atoms with Gasteiger partial charge in [0.15, 0.2) is 11.5 Å². The molecule has 0 aliphatic carbocycles. The van der Waals surface area contributed by atoms with E-state index >= 15 is 0 Å². The summed E-state index contributed by atoms with van der Waals surface area (Å²) in [7, 11) is 1.80. The molecule has 1 aliphatic rings. The molecule has 132 valence electrons. The Hall–Kier alpha value is -2.28. The second-order valence-electron chi connectivity index (χ2n) is 6.95. The molecule has 7 nitrogen and oxygen atoms in total. The summed E-state index contributed by atoms with van der Waals surface area (Å²) in [5.74, 6) is 1.07. The molecule has 0 radical (unpaired) electrons. The predicted molar refractivity (Wildman–Crippen MR) is 90.3 cm³/mol. The van der Waals surface area contributed by atoms with Gasteiger partial charge in [0, 0.05) is 12.1 Å². The number of hydrogen-bond donors (Lipinski definition) is 2. The molecule has 2 N–H and O–H groups in total. The van der Waals surface area contributed by atoms with Crippen LogP contribution in [0.15, 0.2) is 24.3 Å².